The number of benzene rings is 2. The highest BCUT2D eigenvalue weighted by Crippen LogP contribution is 2.31. The second-order valence-electron chi connectivity index (χ2n) is 3.79. The molecular formula is C14H12N2S. The Morgan fingerprint density at radius 2 is 2.00 bits per heavy atom. The van der Waals surface area contributed by atoms with Crippen molar-refractivity contribution in [2.75, 3.05) is 5.73 Å². The molecule has 0 saturated carbocycles. The first-order valence-corrected chi connectivity index (χ1v) is 6.05. The lowest BCUT2D eigenvalue weighted by atomic mass is 10.2. The number of hydrogen-bond donors (Lipinski definition) is 1. The van der Waals surface area contributed by atoms with Crippen LogP contribution in [0.2, 0.25) is 0 Å². The molecule has 0 fully saturated rings. The van der Waals surface area contributed by atoms with Gasteiger partial charge in [-0.25, -0.2) is 0 Å². The van der Waals surface area contributed by atoms with Crippen LogP contribution in [-0.2, 0) is 0 Å². The van der Waals surface area contributed by atoms with Crippen LogP contribution in [0.4, 0.5) is 5.69 Å². The Balaban J connectivity index is 2.34. The molecule has 2 aromatic carbocycles. The molecule has 2 aromatic rings. The summed E-state index contributed by atoms with van der Waals surface area (Å²) in [7, 11) is 0. The van der Waals surface area contributed by atoms with Gasteiger partial charge in [-0.3, -0.25) is 0 Å². The fourth-order valence-electron chi connectivity index (χ4n) is 1.53. The summed E-state index contributed by atoms with van der Waals surface area (Å²) in [5.41, 5.74) is 8.11. The van der Waals surface area contributed by atoms with Gasteiger partial charge in [-0.1, -0.05) is 29.5 Å². The largest absolute Gasteiger partial charge is 0.399 e. The summed E-state index contributed by atoms with van der Waals surface area (Å²) in [6, 6.07) is 15.8. The Morgan fingerprint density at radius 3 is 2.71 bits per heavy atom. The van der Waals surface area contributed by atoms with Gasteiger partial charge in [-0.2, -0.15) is 5.26 Å². The van der Waals surface area contributed by atoms with E-state index >= 15 is 0 Å². The molecule has 0 unspecified atom stereocenters. The SMILES string of the molecule is Cc1cccc(Sc2ccc(N)cc2C#N)c1. The summed E-state index contributed by atoms with van der Waals surface area (Å²) >= 11 is 1.58. The van der Waals surface area contributed by atoms with Crippen molar-refractivity contribution in [2.45, 2.75) is 16.7 Å². The Hall–Kier alpha value is -1.92. The zero-order valence-electron chi connectivity index (χ0n) is 9.47. The van der Waals surface area contributed by atoms with E-state index in [1.807, 2.05) is 24.3 Å². The molecule has 2 nitrogen and oxygen atoms in total. The van der Waals surface area contributed by atoms with Gasteiger partial charge in [0.1, 0.15) is 6.07 Å². The highest BCUT2D eigenvalue weighted by molar-refractivity contribution is 7.99. The topological polar surface area (TPSA) is 49.8 Å². The van der Waals surface area contributed by atoms with Crippen LogP contribution < -0.4 is 5.73 Å². The van der Waals surface area contributed by atoms with E-state index in [1.165, 1.54) is 5.56 Å². The first-order valence-electron chi connectivity index (χ1n) is 5.23. The van der Waals surface area contributed by atoms with Crippen molar-refractivity contribution in [1.29, 1.82) is 5.26 Å². The molecule has 2 N–H and O–H groups in total. The van der Waals surface area contributed by atoms with E-state index in [0.29, 0.717) is 11.3 Å². The van der Waals surface area contributed by atoms with Gasteiger partial charge in [-0.15, -0.1) is 0 Å². The summed E-state index contributed by atoms with van der Waals surface area (Å²) in [4.78, 5) is 2.07. The molecule has 0 radical (unpaired) electrons. The molecule has 0 amide bonds. The molecule has 0 spiro atoms. The average molecular weight is 240 g/mol. The third-order valence-electron chi connectivity index (χ3n) is 2.34. The van der Waals surface area contributed by atoms with Crippen LogP contribution in [0.5, 0.6) is 0 Å². The van der Waals surface area contributed by atoms with Crippen LogP contribution >= 0.6 is 11.8 Å². The maximum absolute atomic E-state index is 9.06. The van der Waals surface area contributed by atoms with E-state index in [0.717, 1.165) is 9.79 Å². The lowest BCUT2D eigenvalue weighted by Gasteiger charge is -2.05. The first kappa shape index (κ1) is 11.6. The van der Waals surface area contributed by atoms with Crippen molar-refractivity contribution in [1.82, 2.24) is 0 Å². The molecule has 0 heterocycles. The second-order valence-corrected chi connectivity index (χ2v) is 4.90. The fourth-order valence-corrected chi connectivity index (χ4v) is 2.53. The van der Waals surface area contributed by atoms with Gasteiger partial charge in [0.15, 0.2) is 0 Å². The molecule has 0 bridgehead atoms. The van der Waals surface area contributed by atoms with Gasteiger partial charge in [0.2, 0.25) is 0 Å². The highest BCUT2D eigenvalue weighted by Gasteiger charge is 2.04. The Labute approximate surface area is 105 Å². The minimum atomic E-state index is 0.621. The second kappa shape index (κ2) is 4.94. The lowest BCUT2D eigenvalue weighted by Crippen LogP contribution is -1.88. The Morgan fingerprint density at radius 1 is 1.18 bits per heavy atom. The summed E-state index contributed by atoms with van der Waals surface area (Å²) < 4.78 is 0. The zero-order valence-corrected chi connectivity index (χ0v) is 10.3. The van der Waals surface area contributed by atoms with Crippen LogP contribution in [0.3, 0.4) is 0 Å². The molecule has 0 aliphatic rings. The molecule has 3 heteroatoms. The molecule has 84 valence electrons. The standard InChI is InChI=1S/C14H12N2S/c1-10-3-2-4-13(7-10)17-14-6-5-12(16)8-11(14)9-15/h2-8H,16H2,1H3. The van der Waals surface area contributed by atoms with Crippen molar-refractivity contribution < 1.29 is 0 Å². The average Bonchev–Trinajstić information content (AvgIpc) is 2.31. The highest BCUT2D eigenvalue weighted by atomic mass is 32.2. The molecule has 0 atom stereocenters. The number of nitrogen functional groups attached to an aromatic ring is 1. The van der Waals surface area contributed by atoms with E-state index in [9.17, 15) is 0 Å². The number of rotatable bonds is 2. The van der Waals surface area contributed by atoms with E-state index in [2.05, 4.69) is 25.1 Å². The maximum Gasteiger partial charge on any atom is 0.100 e. The van der Waals surface area contributed by atoms with E-state index in [1.54, 1.807) is 17.8 Å². The van der Waals surface area contributed by atoms with E-state index in [-0.39, 0.29) is 0 Å². The normalized spacial score (nSPS) is 9.88. The van der Waals surface area contributed by atoms with Crippen LogP contribution in [0.25, 0.3) is 0 Å². The summed E-state index contributed by atoms with van der Waals surface area (Å²) in [5, 5.41) is 9.06. The minimum Gasteiger partial charge on any atom is -0.399 e. The van der Waals surface area contributed by atoms with Gasteiger partial charge in [0.25, 0.3) is 0 Å². The van der Waals surface area contributed by atoms with Crippen molar-refractivity contribution >= 4 is 17.4 Å². The van der Waals surface area contributed by atoms with Crippen LogP contribution in [0.15, 0.2) is 52.3 Å². The number of aryl methyl sites for hydroxylation is 1. The fraction of sp³-hybridized carbons (Fsp3) is 0.0714. The van der Waals surface area contributed by atoms with E-state index in [4.69, 9.17) is 11.0 Å². The van der Waals surface area contributed by atoms with Gasteiger partial charge >= 0.3 is 0 Å². The van der Waals surface area contributed by atoms with Crippen molar-refractivity contribution in [3.63, 3.8) is 0 Å². The number of hydrogen-bond acceptors (Lipinski definition) is 3. The van der Waals surface area contributed by atoms with Crippen LogP contribution in [-0.4, -0.2) is 0 Å². The lowest BCUT2D eigenvalue weighted by molar-refractivity contribution is 1.33. The van der Waals surface area contributed by atoms with Crippen molar-refractivity contribution in [2.24, 2.45) is 0 Å². The molecule has 0 aliphatic carbocycles. The van der Waals surface area contributed by atoms with Gasteiger partial charge < -0.3 is 5.73 Å². The number of anilines is 1. The molecule has 2 rings (SSSR count). The Kier molecular flexibility index (Phi) is 3.36. The third-order valence-corrected chi connectivity index (χ3v) is 3.41. The minimum absolute atomic E-state index is 0.621. The quantitative estimate of drug-likeness (QED) is 0.816. The summed E-state index contributed by atoms with van der Waals surface area (Å²) in [5.74, 6) is 0. The smallest absolute Gasteiger partial charge is 0.100 e. The Bertz CT molecular complexity index is 585. The van der Waals surface area contributed by atoms with Crippen LogP contribution in [0, 0.1) is 18.3 Å². The van der Waals surface area contributed by atoms with Crippen molar-refractivity contribution in [3.8, 4) is 6.07 Å². The molecule has 17 heavy (non-hydrogen) atoms. The van der Waals surface area contributed by atoms with Crippen LogP contribution in [0.1, 0.15) is 11.1 Å². The molecule has 0 aliphatic heterocycles. The first-order chi connectivity index (χ1) is 8.19. The zero-order chi connectivity index (χ0) is 12.3. The van der Waals surface area contributed by atoms with E-state index < -0.39 is 0 Å². The maximum atomic E-state index is 9.06. The third kappa shape index (κ3) is 2.80. The summed E-state index contributed by atoms with van der Waals surface area (Å²) in [6.45, 7) is 2.05. The van der Waals surface area contributed by atoms with Gasteiger partial charge in [0.05, 0.1) is 5.56 Å². The molecule has 0 saturated heterocycles. The molecular weight excluding hydrogens is 228 g/mol. The summed E-state index contributed by atoms with van der Waals surface area (Å²) in [6.07, 6.45) is 0. The number of nitrogens with two attached hydrogens (primary N) is 1. The number of nitriles is 1. The molecule has 0 aromatic heterocycles. The predicted octanol–water partition coefficient (Wildman–Crippen LogP) is 3.60. The van der Waals surface area contributed by atoms with Gasteiger partial charge in [-0.05, 0) is 37.3 Å². The van der Waals surface area contributed by atoms with Gasteiger partial charge in [0, 0.05) is 15.5 Å². The monoisotopic (exact) mass is 240 g/mol. The predicted molar refractivity (Wildman–Crippen MR) is 70.9 cm³/mol. The number of nitrogens with zero attached hydrogens (tertiary/aromatic N) is 1. The van der Waals surface area contributed by atoms with Crippen molar-refractivity contribution in [3.05, 3.63) is 53.6 Å².